The maximum atomic E-state index is 11.1. The summed E-state index contributed by atoms with van der Waals surface area (Å²) in [7, 11) is 0. The van der Waals surface area contributed by atoms with Gasteiger partial charge in [-0.15, -0.1) is 0 Å². The van der Waals surface area contributed by atoms with Gasteiger partial charge in [-0.2, -0.15) is 0 Å². The molecule has 4 nitrogen and oxygen atoms in total. The van der Waals surface area contributed by atoms with Crippen LogP contribution in [0.4, 0.5) is 0 Å². The van der Waals surface area contributed by atoms with Crippen molar-refractivity contribution in [2.24, 2.45) is 5.73 Å². The molecule has 5 heteroatoms. The number of likely N-dealkylation sites (tertiary alicyclic amines) is 1. The molecule has 1 aromatic carbocycles. The Morgan fingerprint density at radius 2 is 2.20 bits per heavy atom. The molecule has 20 heavy (non-hydrogen) atoms. The summed E-state index contributed by atoms with van der Waals surface area (Å²) >= 11 is 6.23. The highest BCUT2D eigenvalue weighted by atomic mass is 35.5. The number of carbonyl (C=O) groups excluding carboxylic acids is 1. The van der Waals surface area contributed by atoms with Gasteiger partial charge in [-0.3, -0.25) is 9.69 Å². The lowest BCUT2D eigenvalue weighted by molar-refractivity contribution is 0.1000. The van der Waals surface area contributed by atoms with E-state index < -0.39 is 5.91 Å². The van der Waals surface area contributed by atoms with Crippen LogP contribution in [0, 0.1) is 0 Å². The fourth-order valence-electron chi connectivity index (χ4n) is 2.70. The summed E-state index contributed by atoms with van der Waals surface area (Å²) in [6.45, 7) is 1.85. The molecule has 1 fully saturated rings. The second kappa shape index (κ2) is 7.07. The molecule has 1 saturated heterocycles. The van der Waals surface area contributed by atoms with Gasteiger partial charge in [-0.25, -0.2) is 0 Å². The third-order valence-electron chi connectivity index (χ3n) is 3.92. The number of nitrogens with zero attached hydrogens (tertiary/aromatic N) is 1. The fourth-order valence-corrected chi connectivity index (χ4v) is 2.94. The predicted molar refractivity (Wildman–Crippen MR) is 79.7 cm³/mol. The van der Waals surface area contributed by atoms with Crippen molar-refractivity contribution >= 4 is 17.5 Å². The van der Waals surface area contributed by atoms with E-state index in [1.165, 1.54) is 6.42 Å². The molecule has 110 valence electrons. The van der Waals surface area contributed by atoms with E-state index in [1.807, 2.05) is 6.07 Å². The quantitative estimate of drug-likeness (QED) is 0.895. The van der Waals surface area contributed by atoms with E-state index in [9.17, 15) is 9.90 Å². The number of halogens is 1. The smallest absolute Gasteiger partial charge is 0.248 e. The van der Waals surface area contributed by atoms with E-state index >= 15 is 0 Å². The van der Waals surface area contributed by atoms with Crippen LogP contribution in [0.15, 0.2) is 18.2 Å². The highest BCUT2D eigenvalue weighted by Gasteiger charge is 2.21. The molecule has 0 spiro atoms. The lowest BCUT2D eigenvalue weighted by atomic mass is 10.1. The summed E-state index contributed by atoms with van der Waals surface area (Å²) in [5.74, 6) is -0.471. The highest BCUT2D eigenvalue weighted by Crippen LogP contribution is 2.23. The molecule has 1 aliphatic heterocycles. The maximum Gasteiger partial charge on any atom is 0.248 e. The molecule has 1 atom stereocenters. The number of rotatable bonds is 4. The Morgan fingerprint density at radius 1 is 1.40 bits per heavy atom. The van der Waals surface area contributed by atoms with E-state index in [4.69, 9.17) is 17.3 Å². The van der Waals surface area contributed by atoms with Gasteiger partial charge in [0.2, 0.25) is 5.91 Å². The van der Waals surface area contributed by atoms with E-state index in [1.54, 1.807) is 12.1 Å². The zero-order valence-corrected chi connectivity index (χ0v) is 12.3. The van der Waals surface area contributed by atoms with Crippen molar-refractivity contribution in [1.29, 1.82) is 0 Å². The Balaban J connectivity index is 2.13. The van der Waals surface area contributed by atoms with Crippen LogP contribution in [0.3, 0.4) is 0 Å². The molecule has 2 rings (SSSR count). The fraction of sp³-hybridized carbons (Fsp3) is 0.533. The van der Waals surface area contributed by atoms with Crippen molar-refractivity contribution in [1.82, 2.24) is 4.90 Å². The predicted octanol–water partition coefficient (Wildman–Crippen LogP) is 2.18. The molecule has 0 radical (unpaired) electrons. The van der Waals surface area contributed by atoms with Gasteiger partial charge in [0, 0.05) is 23.2 Å². The normalized spacial score (nSPS) is 20.6. The Bertz CT molecular complexity index is 479. The van der Waals surface area contributed by atoms with Crippen LogP contribution >= 0.6 is 11.6 Å². The van der Waals surface area contributed by atoms with Crippen molar-refractivity contribution in [2.45, 2.75) is 38.3 Å². The lowest BCUT2D eigenvalue weighted by Gasteiger charge is -2.28. The first-order chi connectivity index (χ1) is 9.61. The van der Waals surface area contributed by atoms with E-state index in [-0.39, 0.29) is 12.6 Å². The molecule has 3 N–H and O–H groups in total. The van der Waals surface area contributed by atoms with Crippen LogP contribution in [0.1, 0.15) is 41.6 Å². The van der Waals surface area contributed by atoms with Crippen molar-refractivity contribution in [3.05, 3.63) is 34.3 Å². The second-order valence-electron chi connectivity index (χ2n) is 5.33. The standard InChI is InChI=1S/C15H21ClN2O2/c16-14-8-11(15(17)20)5-6-12(14)9-18-7-3-1-2-4-13(18)10-19/h5-6,8,13,19H,1-4,7,9-10H2,(H2,17,20). The van der Waals surface area contributed by atoms with Crippen molar-refractivity contribution < 1.29 is 9.90 Å². The number of aliphatic hydroxyl groups is 1. The Hall–Kier alpha value is -1.10. The SMILES string of the molecule is NC(=O)c1ccc(CN2CCCCCC2CO)c(Cl)c1. The van der Waals surface area contributed by atoms with E-state index in [2.05, 4.69) is 4.90 Å². The maximum absolute atomic E-state index is 11.1. The number of aliphatic hydroxyl groups excluding tert-OH is 1. The number of hydrogen-bond donors (Lipinski definition) is 2. The molecule has 0 bridgehead atoms. The molecular formula is C15H21ClN2O2. The summed E-state index contributed by atoms with van der Waals surface area (Å²) in [4.78, 5) is 13.4. The van der Waals surface area contributed by atoms with Gasteiger partial charge in [0.25, 0.3) is 0 Å². The van der Waals surface area contributed by atoms with Gasteiger partial charge < -0.3 is 10.8 Å². The summed E-state index contributed by atoms with van der Waals surface area (Å²) < 4.78 is 0. The first-order valence-electron chi connectivity index (χ1n) is 7.05. The van der Waals surface area contributed by atoms with Gasteiger partial charge in [0.15, 0.2) is 0 Å². The summed E-state index contributed by atoms with van der Waals surface area (Å²) in [6.07, 6.45) is 4.54. The minimum atomic E-state index is -0.471. The summed E-state index contributed by atoms with van der Waals surface area (Å²) in [6, 6.07) is 5.37. The number of nitrogens with two attached hydrogens (primary N) is 1. The minimum absolute atomic E-state index is 0.178. The average Bonchev–Trinajstić information content (AvgIpc) is 2.65. The van der Waals surface area contributed by atoms with Crippen LogP contribution in [0.2, 0.25) is 5.02 Å². The molecule has 0 aliphatic carbocycles. The molecule has 1 heterocycles. The number of primary amides is 1. The van der Waals surface area contributed by atoms with Gasteiger partial charge in [0.05, 0.1) is 6.61 Å². The number of carbonyl (C=O) groups is 1. The Labute approximate surface area is 124 Å². The minimum Gasteiger partial charge on any atom is -0.395 e. The van der Waals surface area contributed by atoms with Crippen molar-refractivity contribution in [3.8, 4) is 0 Å². The molecule has 1 aromatic rings. The zero-order valence-electron chi connectivity index (χ0n) is 11.5. The van der Waals surface area contributed by atoms with Gasteiger partial charge >= 0.3 is 0 Å². The van der Waals surface area contributed by atoms with Crippen LogP contribution in [0.5, 0.6) is 0 Å². The van der Waals surface area contributed by atoms with Crippen LogP contribution in [-0.2, 0) is 6.54 Å². The average molecular weight is 297 g/mol. The monoisotopic (exact) mass is 296 g/mol. The van der Waals surface area contributed by atoms with E-state index in [0.717, 1.165) is 31.4 Å². The Morgan fingerprint density at radius 3 is 2.85 bits per heavy atom. The van der Waals surface area contributed by atoms with Crippen molar-refractivity contribution in [3.63, 3.8) is 0 Å². The first kappa shape index (κ1) is 15.3. The number of benzene rings is 1. The largest absolute Gasteiger partial charge is 0.395 e. The highest BCUT2D eigenvalue weighted by molar-refractivity contribution is 6.31. The summed E-state index contributed by atoms with van der Waals surface area (Å²) in [5, 5.41) is 10.1. The van der Waals surface area contributed by atoms with Crippen LogP contribution in [0.25, 0.3) is 0 Å². The third-order valence-corrected chi connectivity index (χ3v) is 4.27. The Kier molecular flexibility index (Phi) is 5.40. The van der Waals surface area contributed by atoms with Gasteiger partial charge in [-0.05, 0) is 37.1 Å². The third kappa shape index (κ3) is 3.72. The van der Waals surface area contributed by atoms with Crippen LogP contribution < -0.4 is 5.73 Å². The molecular weight excluding hydrogens is 276 g/mol. The number of amides is 1. The van der Waals surface area contributed by atoms with E-state index in [0.29, 0.717) is 17.1 Å². The first-order valence-corrected chi connectivity index (χ1v) is 7.42. The molecule has 0 saturated carbocycles. The molecule has 0 aromatic heterocycles. The second-order valence-corrected chi connectivity index (χ2v) is 5.73. The molecule has 1 aliphatic rings. The van der Waals surface area contributed by atoms with Gasteiger partial charge in [-0.1, -0.05) is 30.5 Å². The topological polar surface area (TPSA) is 66.6 Å². The van der Waals surface area contributed by atoms with Gasteiger partial charge in [0.1, 0.15) is 0 Å². The zero-order chi connectivity index (χ0) is 14.5. The molecule has 1 amide bonds. The number of hydrogen-bond acceptors (Lipinski definition) is 3. The van der Waals surface area contributed by atoms with Crippen molar-refractivity contribution in [2.75, 3.05) is 13.2 Å². The summed E-state index contributed by atoms with van der Waals surface area (Å²) in [5.41, 5.74) is 6.63. The molecule has 1 unspecified atom stereocenters. The van der Waals surface area contributed by atoms with Crippen LogP contribution in [-0.4, -0.2) is 35.1 Å². The lowest BCUT2D eigenvalue weighted by Crippen LogP contribution is -2.37.